The molecule has 0 aromatic heterocycles. The van der Waals surface area contributed by atoms with E-state index in [1.165, 1.54) is 30.2 Å². The third-order valence-corrected chi connectivity index (χ3v) is 3.95. The van der Waals surface area contributed by atoms with Crippen LogP contribution in [0.4, 0.5) is 14.0 Å². The monoisotopic (exact) mass is 305 g/mol. The second-order valence-corrected chi connectivity index (χ2v) is 5.98. The van der Waals surface area contributed by atoms with Crippen LogP contribution in [0.5, 0.6) is 5.75 Å². The highest BCUT2D eigenvalue weighted by atomic mass is 32.3. The highest BCUT2D eigenvalue weighted by molar-refractivity contribution is 7.86. The highest BCUT2D eigenvalue weighted by Gasteiger charge is 2.35. The summed E-state index contributed by atoms with van der Waals surface area (Å²) in [4.78, 5) is 13.1. The normalized spacial score (nSPS) is 19.4. The number of ether oxygens (including phenoxy) is 1. The van der Waals surface area contributed by atoms with Gasteiger partial charge in [-0.15, -0.1) is 3.89 Å². The first-order valence-electron chi connectivity index (χ1n) is 5.87. The van der Waals surface area contributed by atoms with Crippen molar-refractivity contribution in [2.75, 3.05) is 24.3 Å². The summed E-state index contributed by atoms with van der Waals surface area (Å²) >= 11 is 0. The van der Waals surface area contributed by atoms with E-state index in [4.69, 9.17) is 4.74 Å². The molecule has 110 valence electrons. The largest absolute Gasteiger partial charge is 0.492 e. The van der Waals surface area contributed by atoms with E-state index in [1.807, 2.05) is 0 Å². The molecule has 1 amide bonds. The van der Waals surface area contributed by atoms with Crippen LogP contribution in [-0.2, 0) is 15.0 Å². The minimum atomic E-state index is -4.64. The number of para-hydroxylation sites is 1. The lowest BCUT2D eigenvalue weighted by atomic mass is 10.1. The predicted molar refractivity (Wildman–Crippen MR) is 68.3 cm³/mol. The molecule has 8 heteroatoms. The van der Waals surface area contributed by atoms with E-state index in [0.29, 0.717) is 0 Å². The zero-order valence-electron chi connectivity index (χ0n) is 10.7. The molecule has 1 atom stereocenters. The molecule has 1 aromatic carbocycles. The third kappa shape index (κ3) is 3.06. The van der Waals surface area contributed by atoms with Gasteiger partial charge in [-0.05, 0) is 12.1 Å². The van der Waals surface area contributed by atoms with Crippen molar-refractivity contribution in [1.29, 1.82) is 0 Å². The van der Waals surface area contributed by atoms with Crippen molar-refractivity contribution in [2.45, 2.75) is 6.42 Å². The average Bonchev–Trinajstić information content (AvgIpc) is 2.67. The van der Waals surface area contributed by atoms with Crippen molar-refractivity contribution in [3.8, 4) is 5.75 Å². The highest BCUT2D eigenvalue weighted by Crippen LogP contribution is 2.35. The molecular weight excluding hydrogens is 292 g/mol. The van der Waals surface area contributed by atoms with Crippen LogP contribution in [-0.4, -0.2) is 33.7 Å². The molecule has 20 heavy (non-hydrogen) atoms. The van der Waals surface area contributed by atoms with Gasteiger partial charge in [-0.25, -0.2) is 4.39 Å². The van der Waals surface area contributed by atoms with E-state index in [2.05, 4.69) is 0 Å². The first kappa shape index (κ1) is 14.7. The summed E-state index contributed by atoms with van der Waals surface area (Å²) in [6, 6.07) is 4.10. The summed E-state index contributed by atoms with van der Waals surface area (Å²) < 4.78 is 52.4. The van der Waals surface area contributed by atoms with Crippen LogP contribution in [0.1, 0.15) is 6.42 Å². The van der Waals surface area contributed by atoms with Gasteiger partial charge in [0.15, 0.2) is 11.6 Å². The maximum atomic E-state index is 13.6. The van der Waals surface area contributed by atoms with E-state index >= 15 is 0 Å². The van der Waals surface area contributed by atoms with Gasteiger partial charge in [-0.2, -0.15) is 8.42 Å². The summed E-state index contributed by atoms with van der Waals surface area (Å²) in [6.07, 6.45) is -0.0944. The van der Waals surface area contributed by atoms with Crippen LogP contribution in [0.15, 0.2) is 18.2 Å². The molecule has 0 saturated carbocycles. The summed E-state index contributed by atoms with van der Waals surface area (Å²) in [6.45, 7) is 0.0157. The molecule has 1 saturated heterocycles. The lowest BCUT2D eigenvalue weighted by molar-refractivity contribution is -0.117. The van der Waals surface area contributed by atoms with Crippen LogP contribution in [0, 0.1) is 11.7 Å². The predicted octanol–water partition coefficient (Wildman–Crippen LogP) is 1.49. The molecule has 2 rings (SSSR count). The number of methoxy groups -OCH3 is 1. The summed E-state index contributed by atoms with van der Waals surface area (Å²) in [5.74, 6) is -2.47. The molecule has 1 aliphatic heterocycles. The smallest absolute Gasteiger partial charge is 0.302 e. The van der Waals surface area contributed by atoms with Crippen molar-refractivity contribution in [3.63, 3.8) is 0 Å². The molecule has 0 N–H and O–H groups in total. The van der Waals surface area contributed by atoms with Gasteiger partial charge in [0.2, 0.25) is 5.91 Å². The van der Waals surface area contributed by atoms with Gasteiger partial charge in [-0.3, -0.25) is 4.79 Å². The van der Waals surface area contributed by atoms with E-state index in [-0.39, 0.29) is 30.3 Å². The molecule has 1 aromatic rings. The first-order valence-corrected chi connectivity index (χ1v) is 7.42. The van der Waals surface area contributed by atoms with Crippen molar-refractivity contribution < 1.29 is 26.2 Å². The van der Waals surface area contributed by atoms with Gasteiger partial charge < -0.3 is 9.64 Å². The topological polar surface area (TPSA) is 63.7 Å². The van der Waals surface area contributed by atoms with Gasteiger partial charge in [0.1, 0.15) is 0 Å². The molecule has 1 fully saturated rings. The van der Waals surface area contributed by atoms with Crippen LogP contribution in [0.25, 0.3) is 0 Å². The zero-order valence-corrected chi connectivity index (χ0v) is 11.5. The van der Waals surface area contributed by atoms with Crippen molar-refractivity contribution >= 4 is 21.8 Å². The van der Waals surface area contributed by atoms with Crippen LogP contribution in [0.2, 0.25) is 0 Å². The van der Waals surface area contributed by atoms with Gasteiger partial charge in [0.05, 0.1) is 18.6 Å². The maximum absolute atomic E-state index is 13.6. The van der Waals surface area contributed by atoms with Crippen molar-refractivity contribution in [2.24, 2.45) is 5.92 Å². The zero-order chi connectivity index (χ0) is 14.9. The number of rotatable bonds is 4. The standard InChI is InChI=1S/C12H13F2NO4S/c1-19-12-9(13)3-2-4-10(12)15-6-8(5-11(15)16)7-20(14,17)18/h2-4,8H,5-7H2,1H3. The third-order valence-electron chi connectivity index (χ3n) is 3.08. The second-order valence-electron chi connectivity index (χ2n) is 4.57. The Morgan fingerprint density at radius 2 is 2.15 bits per heavy atom. The van der Waals surface area contributed by atoms with E-state index in [9.17, 15) is 21.5 Å². The number of benzene rings is 1. The van der Waals surface area contributed by atoms with Gasteiger partial charge in [0, 0.05) is 18.9 Å². The second kappa shape index (κ2) is 5.35. The molecule has 5 nitrogen and oxygen atoms in total. The van der Waals surface area contributed by atoms with E-state index in [0.717, 1.165) is 0 Å². The molecule has 1 heterocycles. The number of halogens is 2. The number of carbonyl (C=O) groups excluding carboxylic acids is 1. The number of anilines is 1. The summed E-state index contributed by atoms with van der Waals surface area (Å²) in [5, 5.41) is 0. The molecule has 1 aliphatic rings. The number of nitrogens with zero attached hydrogens (tertiary/aromatic N) is 1. The number of hydrogen-bond acceptors (Lipinski definition) is 4. The number of carbonyl (C=O) groups is 1. The molecule has 0 spiro atoms. The average molecular weight is 305 g/mol. The van der Waals surface area contributed by atoms with Crippen molar-refractivity contribution in [1.82, 2.24) is 0 Å². The Kier molecular flexibility index (Phi) is 3.94. The lowest BCUT2D eigenvalue weighted by Crippen LogP contribution is -2.26. The molecule has 0 radical (unpaired) electrons. The lowest BCUT2D eigenvalue weighted by Gasteiger charge is -2.19. The fourth-order valence-electron chi connectivity index (χ4n) is 2.32. The van der Waals surface area contributed by atoms with Gasteiger partial charge in [0.25, 0.3) is 0 Å². The minimum absolute atomic E-state index is 0.0157. The fraction of sp³-hybridized carbons (Fsp3) is 0.417. The van der Waals surface area contributed by atoms with E-state index in [1.54, 1.807) is 0 Å². The van der Waals surface area contributed by atoms with Crippen LogP contribution in [0.3, 0.4) is 0 Å². The Hall–Kier alpha value is -1.70. The Morgan fingerprint density at radius 3 is 2.75 bits per heavy atom. The van der Waals surface area contributed by atoms with Gasteiger partial charge >= 0.3 is 10.2 Å². The Morgan fingerprint density at radius 1 is 1.45 bits per heavy atom. The Bertz CT molecular complexity index is 632. The van der Waals surface area contributed by atoms with Crippen LogP contribution < -0.4 is 9.64 Å². The quantitative estimate of drug-likeness (QED) is 0.791. The number of hydrogen-bond donors (Lipinski definition) is 0. The summed E-state index contributed by atoms with van der Waals surface area (Å²) in [7, 11) is -3.37. The fourth-order valence-corrected chi connectivity index (χ4v) is 3.11. The summed E-state index contributed by atoms with van der Waals surface area (Å²) in [5.41, 5.74) is 0.219. The van der Waals surface area contributed by atoms with E-state index < -0.39 is 27.7 Å². The molecule has 1 unspecified atom stereocenters. The maximum Gasteiger partial charge on any atom is 0.302 e. The molecule has 0 aliphatic carbocycles. The number of amides is 1. The molecular formula is C12H13F2NO4S. The van der Waals surface area contributed by atoms with Crippen LogP contribution >= 0.6 is 0 Å². The van der Waals surface area contributed by atoms with Crippen molar-refractivity contribution in [3.05, 3.63) is 24.0 Å². The minimum Gasteiger partial charge on any atom is -0.492 e. The SMILES string of the molecule is COc1c(F)cccc1N1CC(CS(=O)(=O)F)CC1=O. The Balaban J connectivity index is 2.27. The molecule has 0 bridgehead atoms. The Labute approximate surface area is 115 Å². The van der Waals surface area contributed by atoms with Gasteiger partial charge in [-0.1, -0.05) is 6.07 Å². The first-order chi connectivity index (χ1) is 9.31.